The van der Waals surface area contributed by atoms with Crippen LogP contribution in [0, 0.1) is 0 Å². The van der Waals surface area contributed by atoms with Crippen LogP contribution in [0.1, 0.15) is 20.9 Å². The Morgan fingerprint density at radius 2 is 1.97 bits per heavy atom. The van der Waals surface area contributed by atoms with Crippen LogP contribution in [-0.2, 0) is 23.0 Å². The predicted octanol–water partition coefficient (Wildman–Crippen LogP) is 3.63. The zero-order chi connectivity index (χ0) is 22.2. The summed E-state index contributed by atoms with van der Waals surface area (Å²) in [5.74, 6) is -0.904. The smallest absolute Gasteiger partial charge is 0.472 e. The number of thiazole rings is 1. The molecule has 31 heavy (non-hydrogen) atoms. The molecule has 0 spiro atoms. The topological polar surface area (TPSA) is 102 Å². The highest BCUT2D eigenvalue weighted by Gasteiger charge is 2.33. The van der Waals surface area contributed by atoms with Crippen molar-refractivity contribution in [3.8, 4) is 5.75 Å². The minimum absolute atomic E-state index is 0.0394. The first-order valence-electron chi connectivity index (χ1n) is 8.80. The summed E-state index contributed by atoms with van der Waals surface area (Å²) in [6, 6.07) is 5.53. The van der Waals surface area contributed by atoms with Gasteiger partial charge in [0.1, 0.15) is 12.0 Å². The van der Waals surface area contributed by atoms with Crippen molar-refractivity contribution in [2.45, 2.75) is 24.2 Å². The number of rotatable bonds is 5. The summed E-state index contributed by atoms with van der Waals surface area (Å²) in [7, 11) is -3.94. The zero-order valence-electron chi connectivity index (χ0n) is 15.5. The number of ether oxygens (including phenoxy) is 1. The second kappa shape index (κ2) is 7.98. The number of hydrogen-bond acceptors (Lipinski definition) is 7. The lowest BCUT2D eigenvalue weighted by atomic mass is 10.2. The van der Waals surface area contributed by atoms with E-state index >= 15 is 0 Å². The fourth-order valence-corrected chi connectivity index (χ4v) is 5.47. The molecule has 164 valence electrons. The number of alkyl halides is 3. The molecule has 4 rings (SSSR count). The molecule has 1 aliphatic heterocycles. The van der Waals surface area contributed by atoms with Gasteiger partial charge < -0.3 is 9.15 Å². The van der Waals surface area contributed by atoms with Crippen molar-refractivity contribution in [1.29, 1.82) is 0 Å². The van der Waals surface area contributed by atoms with Gasteiger partial charge in [0.25, 0.3) is 5.91 Å². The summed E-state index contributed by atoms with van der Waals surface area (Å²) in [5.41, 5.74) is 1.02. The number of fused-ring (bicyclic) bond motifs is 1. The average Bonchev–Trinajstić information content (AvgIpc) is 3.36. The third-order valence-electron chi connectivity index (χ3n) is 4.40. The second-order valence-electron chi connectivity index (χ2n) is 6.46. The van der Waals surface area contributed by atoms with Gasteiger partial charge in [-0.25, -0.2) is 13.4 Å². The molecular weight excluding hydrogens is 459 g/mol. The Morgan fingerprint density at radius 3 is 2.61 bits per heavy atom. The molecule has 3 aromatic rings. The molecule has 1 N–H and O–H groups in total. The van der Waals surface area contributed by atoms with Crippen LogP contribution >= 0.6 is 11.3 Å². The van der Waals surface area contributed by atoms with E-state index in [9.17, 15) is 26.4 Å². The first kappa shape index (κ1) is 21.3. The van der Waals surface area contributed by atoms with Crippen LogP contribution in [0.4, 0.5) is 18.3 Å². The molecule has 2 aromatic heterocycles. The molecule has 0 saturated heterocycles. The van der Waals surface area contributed by atoms with Gasteiger partial charge in [0.05, 0.1) is 29.0 Å². The number of furan rings is 1. The van der Waals surface area contributed by atoms with Gasteiger partial charge in [0.2, 0.25) is 10.0 Å². The van der Waals surface area contributed by atoms with Gasteiger partial charge in [-0.1, -0.05) is 0 Å². The monoisotopic (exact) mass is 473 g/mol. The maximum absolute atomic E-state index is 12.9. The zero-order valence-corrected chi connectivity index (χ0v) is 17.2. The van der Waals surface area contributed by atoms with E-state index in [1.807, 2.05) is 0 Å². The van der Waals surface area contributed by atoms with Crippen LogP contribution < -0.4 is 10.1 Å². The molecule has 1 amide bonds. The Morgan fingerprint density at radius 1 is 1.23 bits per heavy atom. The van der Waals surface area contributed by atoms with Crippen molar-refractivity contribution >= 4 is 32.4 Å². The van der Waals surface area contributed by atoms with E-state index in [1.54, 1.807) is 0 Å². The van der Waals surface area contributed by atoms with Crippen LogP contribution in [0.25, 0.3) is 0 Å². The van der Waals surface area contributed by atoms with Crippen molar-refractivity contribution in [2.24, 2.45) is 0 Å². The number of amides is 1. The van der Waals surface area contributed by atoms with E-state index in [2.05, 4.69) is 15.0 Å². The number of halogens is 3. The van der Waals surface area contributed by atoms with Gasteiger partial charge in [-0.15, -0.1) is 24.5 Å². The summed E-state index contributed by atoms with van der Waals surface area (Å²) >= 11 is 1.16. The van der Waals surface area contributed by atoms with Crippen molar-refractivity contribution in [1.82, 2.24) is 9.29 Å². The molecule has 1 aromatic carbocycles. The number of carbonyl (C=O) groups is 1. The fraction of sp³-hybridized carbons (Fsp3) is 0.222. The van der Waals surface area contributed by atoms with Crippen molar-refractivity contribution in [3.05, 3.63) is 59.0 Å². The molecule has 0 saturated carbocycles. The quantitative estimate of drug-likeness (QED) is 0.607. The maximum atomic E-state index is 12.9. The number of anilines is 1. The molecule has 1 aliphatic rings. The van der Waals surface area contributed by atoms with Crippen LogP contribution in [0.15, 0.2) is 52.2 Å². The maximum Gasteiger partial charge on any atom is 0.573 e. The standard InChI is InChI=1S/C18H14F3N3O5S2/c19-18(20,21)29-12-1-3-13(4-2-12)31(26,27)24-7-5-14-15(9-24)30-17(22-14)23-16(25)11-6-8-28-10-11/h1-4,6,8,10H,5,7,9H2,(H,22,23,25). The van der Waals surface area contributed by atoms with Gasteiger partial charge in [0, 0.05) is 17.8 Å². The average molecular weight is 473 g/mol. The van der Waals surface area contributed by atoms with Crippen LogP contribution in [0.5, 0.6) is 5.75 Å². The number of nitrogens with one attached hydrogen (secondary N) is 1. The highest BCUT2D eigenvalue weighted by atomic mass is 32.2. The third-order valence-corrected chi connectivity index (χ3v) is 7.25. The van der Waals surface area contributed by atoms with E-state index in [1.165, 1.54) is 22.9 Å². The number of aromatic nitrogens is 1. The number of sulfonamides is 1. The Labute approximate surface area is 178 Å². The number of carbonyl (C=O) groups excluding carboxylic acids is 1. The summed E-state index contributed by atoms with van der Waals surface area (Å²) < 4.78 is 72.5. The highest BCUT2D eigenvalue weighted by molar-refractivity contribution is 7.89. The van der Waals surface area contributed by atoms with Gasteiger partial charge in [-0.05, 0) is 30.3 Å². The summed E-state index contributed by atoms with van der Waals surface area (Å²) in [4.78, 5) is 17.0. The molecular formula is C18H14F3N3O5S2. The fourth-order valence-electron chi connectivity index (χ4n) is 2.96. The third kappa shape index (κ3) is 4.73. The SMILES string of the molecule is O=C(Nc1nc2c(s1)CN(S(=O)(=O)c1ccc(OC(F)(F)F)cc1)CC2)c1ccoc1. The molecule has 13 heteroatoms. The number of nitrogens with zero attached hydrogens (tertiary/aromatic N) is 2. The Hall–Kier alpha value is -2.90. The molecule has 0 bridgehead atoms. The number of hydrogen-bond donors (Lipinski definition) is 1. The van der Waals surface area contributed by atoms with Gasteiger partial charge in [-0.3, -0.25) is 10.1 Å². The normalized spacial score (nSPS) is 14.8. The molecule has 0 aliphatic carbocycles. The van der Waals surface area contributed by atoms with Crippen LogP contribution in [-0.4, -0.2) is 36.5 Å². The lowest BCUT2D eigenvalue weighted by Crippen LogP contribution is -2.35. The number of benzene rings is 1. The first-order chi connectivity index (χ1) is 14.6. The van der Waals surface area contributed by atoms with E-state index in [4.69, 9.17) is 4.42 Å². The Kier molecular flexibility index (Phi) is 5.49. The molecule has 0 radical (unpaired) electrons. The predicted molar refractivity (Wildman–Crippen MR) is 103 cm³/mol. The molecule has 0 atom stereocenters. The first-order valence-corrected chi connectivity index (χ1v) is 11.1. The summed E-state index contributed by atoms with van der Waals surface area (Å²) in [6.07, 6.45) is -1.86. The van der Waals surface area contributed by atoms with Crippen molar-refractivity contribution in [3.63, 3.8) is 0 Å². The molecule has 0 unspecified atom stereocenters. The summed E-state index contributed by atoms with van der Waals surface area (Å²) in [5, 5.41) is 2.98. The van der Waals surface area contributed by atoms with Crippen molar-refractivity contribution < 1.29 is 35.5 Å². The lowest BCUT2D eigenvalue weighted by Gasteiger charge is -2.25. The Bertz CT molecular complexity index is 1190. The minimum Gasteiger partial charge on any atom is -0.472 e. The molecule has 3 heterocycles. The van der Waals surface area contributed by atoms with Gasteiger partial charge >= 0.3 is 6.36 Å². The van der Waals surface area contributed by atoms with E-state index in [0.717, 1.165) is 35.6 Å². The van der Waals surface area contributed by atoms with Crippen LogP contribution in [0.2, 0.25) is 0 Å². The highest BCUT2D eigenvalue weighted by Crippen LogP contribution is 2.32. The van der Waals surface area contributed by atoms with E-state index in [0.29, 0.717) is 27.7 Å². The molecule has 0 fully saturated rings. The largest absolute Gasteiger partial charge is 0.573 e. The van der Waals surface area contributed by atoms with Crippen molar-refractivity contribution in [2.75, 3.05) is 11.9 Å². The second-order valence-corrected chi connectivity index (χ2v) is 9.48. The van der Waals surface area contributed by atoms with Gasteiger partial charge in [-0.2, -0.15) is 4.31 Å². The molecule has 8 nitrogen and oxygen atoms in total. The van der Waals surface area contributed by atoms with Gasteiger partial charge in [0.15, 0.2) is 5.13 Å². The van der Waals surface area contributed by atoms with E-state index in [-0.39, 0.29) is 18.0 Å². The van der Waals surface area contributed by atoms with E-state index < -0.39 is 28.0 Å². The lowest BCUT2D eigenvalue weighted by molar-refractivity contribution is -0.274. The Balaban J connectivity index is 1.47. The minimum atomic E-state index is -4.86. The van der Waals surface area contributed by atoms with Crippen LogP contribution in [0.3, 0.4) is 0 Å². The summed E-state index contributed by atoms with van der Waals surface area (Å²) in [6.45, 7) is 0.187.